The van der Waals surface area contributed by atoms with Crippen LogP contribution < -0.4 is 15.9 Å². The largest absolute Gasteiger partial charge is 0.495 e. The van der Waals surface area contributed by atoms with E-state index in [1.54, 1.807) is 13.2 Å². The smallest absolute Gasteiger partial charge is 0.240 e. The number of hydrogen-bond donors (Lipinski definition) is 2. The van der Waals surface area contributed by atoms with Crippen LogP contribution in [0, 0.1) is 11.7 Å². The molecule has 26 heavy (non-hydrogen) atoms. The summed E-state index contributed by atoms with van der Waals surface area (Å²) < 4.78 is 8.43. The van der Waals surface area contributed by atoms with E-state index in [9.17, 15) is 4.79 Å². The van der Waals surface area contributed by atoms with Crippen molar-refractivity contribution in [2.24, 2.45) is 0 Å². The zero-order valence-electron chi connectivity index (χ0n) is 14.5. The fourth-order valence-corrected chi connectivity index (χ4v) is 2.78. The quantitative estimate of drug-likeness (QED) is 0.513. The van der Waals surface area contributed by atoms with E-state index < -0.39 is 0 Å². The molecule has 8 heteroatoms. The number of methoxy groups -OCH3 is 1. The van der Waals surface area contributed by atoms with Crippen molar-refractivity contribution in [3.05, 3.63) is 64.4 Å². The number of anilines is 2. The number of aryl methyl sites for hydroxylation is 1. The Balaban J connectivity index is 1.86. The van der Waals surface area contributed by atoms with Crippen LogP contribution in [0.5, 0.6) is 5.75 Å². The zero-order chi connectivity index (χ0) is 18.7. The Morgan fingerprint density at radius 2 is 2.04 bits per heavy atom. The van der Waals surface area contributed by atoms with Gasteiger partial charge in [0.1, 0.15) is 12.3 Å². The van der Waals surface area contributed by atoms with Crippen LogP contribution >= 0.6 is 12.2 Å². The van der Waals surface area contributed by atoms with E-state index in [1.807, 2.05) is 49.4 Å². The second-order valence-electron chi connectivity index (χ2n) is 5.74. The lowest BCUT2D eigenvalue weighted by atomic mass is 10.1. The molecule has 0 saturated carbocycles. The highest BCUT2D eigenvalue weighted by Gasteiger charge is 2.14. The summed E-state index contributed by atoms with van der Waals surface area (Å²) in [5.41, 5.74) is 11.3. The molecule has 1 aromatic heterocycles. The Morgan fingerprint density at radius 3 is 2.77 bits per heavy atom. The summed E-state index contributed by atoms with van der Waals surface area (Å²) in [6.07, 6.45) is 0. The lowest BCUT2D eigenvalue weighted by Crippen LogP contribution is -2.15. The minimum absolute atomic E-state index is 0.00703. The summed E-state index contributed by atoms with van der Waals surface area (Å²) in [6, 6.07) is 14.7. The van der Waals surface area contributed by atoms with E-state index in [-0.39, 0.29) is 23.0 Å². The van der Waals surface area contributed by atoms with Gasteiger partial charge in [-0.05, 0) is 37.3 Å². The highest BCUT2D eigenvalue weighted by atomic mass is 32.1. The zero-order valence-corrected chi connectivity index (χ0v) is 15.3. The molecule has 134 valence electrons. The van der Waals surface area contributed by atoms with E-state index in [0.717, 1.165) is 5.56 Å². The molecule has 0 aliphatic rings. The molecule has 0 amide bonds. The molecule has 0 spiro atoms. The van der Waals surface area contributed by atoms with E-state index in [4.69, 9.17) is 22.7 Å². The Labute approximate surface area is 156 Å². The van der Waals surface area contributed by atoms with Crippen LogP contribution in [-0.2, 0) is 6.54 Å². The molecular weight excluding hydrogens is 350 g/mol. The van der Waals surface area contributed by atoms with Gasteiger partial charge in [0.2, 0.25) is 10.7 Å². The van der Waals surface area contributed by atoms with Gasteiger partial charge in [0, 0.05) is 5.56 Å². The molecule has 1 heterocycles. The average Bonchev–Trinajstić information content (AvgIpc) is 2.89. The average molecular weight is 369 g/mol. The van der Waals surface area contributed by atoms with Crippen LogP contribution in [0.2, 0.25) is 0 Å². The molecule has 7 nitrogen and oxygen atoms in total. The molecule has 0 unspecified atom stereocenters. The lowest BCUT2D eigenvalue weighted by molar-refractivity contribution is 0.0967. The molecular formula is C18H19N5O2S. The first kappa shape index (κ1) is 17.7. The standard InChI is InChI=1S/C18H19N5O2S/c1-12-6-5-7-13(10-12)15(24)11-22-18(26)23(17(19)21-22)20-14-8-3-4-9-16(14)25-2/h3-10,20H,11H2,1-2H3,(H2,19,21). The second kappa shape index (κ2) is 7.40. The van der Waals surface area contributed by atoms with Crippen molar-refractivity contribution in [3.8, 4) is 5.75 Å². The maximum absolute atomic E-state index is 12.5. The minimum atomic E-state index is -0.0910. The van der Waals surface area contributed by atoms with Gasteiger partial charge in [-0.3, -0.25) is 10.2 Å². The van der Waals surface area contributed by atoms with E-state index in [1.165, 1.54) is 9.36 Å². The number of benzene rings is 2. The fraction of sp³-hybridized carbons (Fsp3) is 0.167. The van der Waals surface area contributed by atoms with Crippen molar-refractivity contribution in [1.82, 2.24) is 14.5 Å². The topological polar surface area (TPSA) is 87.1 Å². The fourth-order valence-electron chi connectivity index (χ4n) is 2.54. The van der Waals surface area contributed by atoms with Gasteiger partial charge in [0.15, 0.2) is 5.78 Å². The summed E-state index contributed by atoms with van der Waals surface area (Å²) in [5.74, 6) is 0.696. The predicted molar refractivity (Wildman–Crippen MR) is 103 cm³/mol. The van der Waals surface area contributed by atoms with Gasteiger partial charge in [-0.2, -0.15) is 4.68 Å². The Kier molecular flexibility index (Phi) is 5.04. The van der Waals surface area contributed by atoms with Crippen molar-refractivity contribution >= 4 is 29.6 Å². The maximum Gasteiger partial charge on any atom is 0.240 e. The van der Waals surface area contributed by atoms with Crippen molar-refractivity contribution in [2.45, 2.75) is 13.5 Å². The van der Waals surface area contributed by atoms with Gasteiger partial charge < -0.3 is 10.5 Å². The molecule has 3 aromatic rings. The summed E-state index contributed by atoms with van der Waals surface area (Å²) in [5, 5.41) is 4.18. The van der Waals surface area contributed by atoms with Crippen molar-refractivity contribution in [3.63, 3.8) is 0 Å². The molecule has 3 rings (SSSR count). The number of Topliss-reactive ketones (excluding diaryl/α,β-unsaturated/α-hetero) is 1. The first-order valence-corrected chi connectivity index (χ1v) is 8.35. The van der Waals surface area contributed by atoms with E-state index in [2.05, 4.69) is 10.5 Å². The minimum Gasteiger partial charge on any atom is -0.495 e. The predicted octanol–water partition coefficient (Wildman–Crippen LogP) is 3.07. The third-order valence-electron chi connectivity index (χ3n) is 3.84. The molecule has 0 saturated heterocycles. The van der Waals surface area contributed by atoms with Crippen molar-refractivity contribution in [2.75, 3.05) is 18.3 Å². The SMILES string of the molecule is COc1ccccc1Nn1c(N)nn(CC(=O)c2cccc(C)c2)c1=S. The third-order valence-corrected chi connectivity index (χ3v) is 4.23. The van der Waals surface area contributed by atoms with Crippen molar-refractivity contribution < 1.29 is 9.53 Å². The summed E-state index contributed by atoms with van der Waals surface area (Å²) >= 11 is 5.41. The van der Waals surface area contributed by atoms with Crippen LogP contribution in [0.25, 0.3) is 0 Å². The first-order chi connectivity index (χ1) is 12.5. The van der Waals surface area contributed by atoms with Crippen LogP contribution in [-0.4, -0.2) is 27.3 Å². The van der Waals surface area contributed by atoms with Gasteiger partial charge >= 0.3 is 0 Å². The monoisotopic (exact) mass is 369 g/mol. The normalized spacial score (nSPS) is 10.5. The van der Waals surface area contributed by atoms with Crippen LogP contribution in [0.4, 0.5) is 11.6 Å². The Morgan fingerprint density at radius 1 is 1.27 bits per heavy atom. The number of nitrogens with two attached hydrogens (primary N) is 1. The van der Waals surface area contributed by atoms with Crippen molar-refractivity contribution in [1.29, 1.82) is 0 Å². The first-order valence-electron chi connectivity index (χ1n) is 7.95. The number of nitrogens with zero attached hydrogens (tertiary/aromatic N) is 3. The van der Waals surface area contributed by atoms with Crippen LogP contribution in [0.1, 0.15) is 15.9 Å². The number of nitrogen functional groups attached to an aromatic ring is 1. The van der Waals surface area contributed by atoms with Gasteiger partial charge in [0.05, 0.1) is 12.8 Å². The molecule has 0 bridgehead atoms. The second-order valence-corrected chi connectivity index (χ2v) is 6.10. The molecule has 0 radical (unpaired) electrons. The summed E-state index contributed by atoms with van der Waals surface area (Å²) in [4.78, 5) is 12.5. The molecule has 2 aromatic carbocycles. The third kappa shape index (κ3) is 3.60. The number of rotatable bonds is 6. The van der Waals surface area contributed by atoms with Gasteiger partial charge in [-0.1, -0.05) is 35.9 Å². The van der Waals surface area contributed by atoms with Crippen LogP contribution in [0.15, 0.2) is 48.5 Å². The number of ether oxygens (including phenoxy) is 1. The summed E-state index contributed by atoms with van der Waals surface area (Å²) in [7, 11) is 1.58. The lowest BCUT2D eigenvalue weighted by Gasteiger charge is -2.11. The molecule has 0 aliphatic heterocycles. The molecule has 0 atom stereocenters. The number of hydrogen-bond acceptors (Lipinski definition) is 6. The number of aromatic nitrogens is 3. The number of carbonyl (C=O) groups excluding carboxylic acids is 1. The van der Waals surface area contributed by atoms with Gasteiger partial charge in [-0.25, -0.2) is 4.68 Å². The van der Waals surface area contributed by atoms with Crippen LogP contribution in [0.3, 0.4) is 0 Å². The number of nitrogens with one attached hydrogen (secondary N) is 1. The number of para-hydroxylation sites is 2. The maximum atomic E-state index is 12.5. The van der Waals surface area contributed by atoms with E-state index >= 15 is 0 Å². The Hall–Kier alpha value is -3.13. The number of ketones is 1. The highest BCUT2D eigenvalue weighted by Crippen LogP contribution is 2.23. The number of carbonyl (C=O) groups is 1. The molecule has 3 N–H and O–H groups in total. The van der Waals surface area contributed by atoms with Gasteiger partial charge in [0.25, 0.3) is 0 Å². The highest BCUT2D eigenvalue weighted by molar-refractivity contribution is 7.71. The Bertz CT molecular complexity index is 1010. The molecule has 0 aliphatic carbocycles. The molecule has 0 fully saturated rings. The van der Waals surface area contributed by atoms with E-state index in [0.29, 0.717) is 17.0 Å². The summed E-state index contributed by atoms with van der Waals surface area (Å²) in [6.45, 7) is 1.94. The van der Waals surface area contributed by atoms with Gasteiger partial charge in [-0.15, -0.1) is 5.10 Å².